The standard InChI is InChI=1S/C13H12ClNOS/c14-11-2-4-17-13(11)9-5-8-1-3-16-12(8)10(6-9)7-15/h2,4-6H,1,3,7,15H2. The van der Waals surface area contributed by atoms with E-state index in [-0.39, 0.29) is 0 Å². The third kappa shape index (κ3) is 1.84. The first-order valence-corrected chi connectivity index (χ1v) is 6.77. The first kappa shape index (κ1) is 11.1. The molecule has 0 amide bonds. The van der Waals surface area contributed by atoms with Crippen LogP contribution in [-0.2, 0) is 13.0 Å². The summed E-state index contributed by atoms with van der Waals surface area (Å²) < 4.78 is 5.61. The van der Waals surface area contributed by atoms with E-state index in [1.165, 1.54) is 5.56 Å². The summed E-state index contributed by atoms with van der Waals surface area (Å²) in [7, 11) is 0. The minimum Gasteiger partial charge on any atom is -0.493 e. The fraction of sp³-hybridized carbons (Fsp3) is 0.231. The van der Waals surface area contributed by atoms with Crippen LogP contribution in [0.1, 0.15) is 11.1 Å². The summed E-state index contributed by atoms with van der Waals surface area (Å²) in [4.78, 5) is 1.11. The highest BCUT2D eigenvalue weighted by molar-refractivity contribution is 7.14. The molecule has 4 heteroatoms. The van der Waals surface area contributed by atoms with Crippen molar-refractivity contribution >= 4 is 22.9 Å². The molecule has 1 aliphatic rings. The Morgan fingerprint density at radius 2 is 2.29 bits per heavy atom. The molecule has 0 radical (unpaired) electrons. The highest BCUT2D eigenvalue weighted by atomic mass is 35.5. The summed E-state index contributed by atoms with van der Waals surface area (Å²) in [5, 5.41) is 2.81. The summed E-state index contributed by atoms with van der Waals surface area (Å²) in [5.41, 5.74) is 9.23. The van der Waals surface area contributed by atoms with Crippen LogP contribution in [0.3, 0.4) is 0 Å². The van der Waals surface area contributed by atoms with E-state index in [9.17, 15) is 0 Å². The second kappa shape index (κ2) is 4.33. The Morgan fingerprint density at radius 1 is 1.41 bits per heavy atom. The Hall–Kier alpha value is -1.03. The van der Waals surface area contributed by atoms with Gasteiger partial charge in [0.15, 0.2) is 0 Å². The van der Waals surface area contributed by atoms with E-state index in [4.69, 9.17) is 22.1 Å². The molecule has 88 valence electrons. The summed E-state index contributed by atoms with van der Waals surface area (Å²) in [6, 6.07) is 6.18. The zero-order chi connectivity index (χ0) is 11.8. The molecule has 0 saturated heterocycles. The lowest BCUT2D eigenvalue weighted by Gasteiger charge is -2.09. The number of hydrogen-bond acceptors (Lipinski definition) is 3. The normalized spacial score (nSPS) is 13.5. The largest absolute Gasteiger partial charge is 0.493 e. The first-order valence-electron chi connectivity index (χ1n) is 5.51. The number of hydrogen-bond donors (Lipinski definition) is 1. The summed E-state index contributed by atoms with van der Waals surface area (Å²) in [5.74, 6) is 0.976. The first-order chi connectivity index (χ1) is 8.29. The van der Waals surface area contributed by atoms with Crippen molar-refractivity contribution in [3.8, 4) is 16.2 Å². The highest BCUT2D eigenvalue weighted by Gasteiger charge is 2.18. The van der Waals surface area contributed by atoms with Crippen molar-refractivity contribution in [3.63, 3.8) is 0 Å². The second-order valence-corrected chi connectivity index (χ2v) is 5.35. The third-order valence-electron chi connectivity index (χ3n) is 2.96. The van der Waals surface area contributed by atoms with Gasteiger partial charge in [0, 0.05) is 18.5 Å². The lowest BCUT2D eigenvalue weighted by atomic mass is 10.0. The van der Waals surface area contributed by atoms with E-state index in [0.717, 1.165) is 39.8 Å². The SMILES string of the molecule is NCc1cc(-c2sccc2Cl)cc2c1OCC2. The van der Waals surface area contributed by atoms with Gasteiger partial charge in [-0.05, 0) is 34.7 Å². The number of halogens is 1. The van der Waals surface area contributed by atoms with Gasteiger partial charge >= 0.3 is 0 Å². The van der Waals surface area contributed by atoms with Crippen molar-refractivity contribution in [1.29, 1.82) is 0 Å². The van der Waals surface area contributed by atoms with Crippen LogP contribution in [-0.4, -0.2) is 6.61 Å². The molecule has 0 fully saturated rings. The number of ether oxygens (including phenoxy) is 1. The van der Waals surface area contributed by atoms with Crippen LogP contribution in [0.4, 0.5) is 0 Å². The Morgan fingerprint density at radius 3 is 3.00 bits per heavy atom. The van der Waals surface area contributed by atoms with Gasteiger partial charge in [0.25, 0.3) is 0 Å². The van der Waals surface area contributed by atoms with Crippen LogP contribution < -0.4 is 10.5 Å². The Bertz CT molecular complexity index is 565. The van der Waals surface area contributed by atoms with Gasteiger partial charge in [0.1, 0.15) is 5.75 Å². The zero-order valence-corrected chi connectivity index (χ0v) is 10.8. The minimum atomic E-state index is 0.499. The van der Waals surface area contributed by atoms with Crippen molar-refractivity contribution in [2.24, 2.45) is 5.73 Å². The molecule has 2 nitrogen and oxygen atoms in total. The molecule has 0 spiro atoms. The van der Waals surface area contributed by atoms with Crippen LogP contribution in [0, 0.1) is 0 Å². The fourth-order valence-corrected chi connectivity index (χ4v) is 3.33. The summed E-state index contributed by atoms with van der Waals surface area (Å²) >= 11 is 7.82. The maximum absolute atomic E-state index is 6.17. The van der Waals surface area contributed by atoms with Crippen molar-refractivity contribution in [2.75, 3.05) is 6.61 Å². The molecule has 2 aromatic rings. The van der Waals surface area contributed by atoms with E-state index < -0.39 is 0 Å². The summed E-state index contributed by atoms with van der Waals surface area (Å²) in [6.45, 7) is 1.25. The average Bonchev–Trinajstić information content (AvgIpc) is 2.95. The Balaban J connectivity index is 2.16. The van der Waals surface area contributed by atoms with Gasteiger partial charge < -0.3 is 10.5 Å². The lowest BCUT2D eigenvalue weighted by Crippen LogP contribution is -1.99. The van der Waals surface area contributed by atoms with Crippen molar-refractivity contribution in [3.05, 3.63) is 39.7 Å². The van der Waals surface area contributed by atoms with Gasteiger partial charge in [0.2, 0.25) is 0 Å². The smallest absolute Gasteiger partial charge is 0.127 e. The van der Waals surface area contributed by atoms with E-state index in [1.807, 2.05) is 11.4 Å². The van der Waals surface area contributed by atoms with Crippen LogP contribution in [0.25, 0.3) is 10.4 Å². The van der Waals surface area contributed by atoms with Gasteiger partial charge in [-0.1, -0.05) is 11.6 Å². The molecule has 1 aromatic heterocycles. The predicted molar refractivity (Wildman–Crippen MR) is 71.9 cm³/mol. The van der Waals surface area contributed by atoms with Gasteiger partial charge in [-0.15, -0.1) is 11.3 Å². The second-order valence-electron chi connectivity index (χ2n) is 4.02. The van der Waals surface area contributed by atoms with Crippen LogP contribution in [0.5, 0.6) is 5.75 Å². The molecule has 2 heterocycles. The molecule has 1 aliphatic heterocycles. The number of nitrogens with two attached hydrogens (primary N) is 1. The van der Waals surface area contributed by atoms with E-state index in [2.05, 4.69) is 12.1 Å². The molecule has 0 bridgehead atoms. The average molecular weight is 266 g/mol. The number of benzene rings is 1. The Labute approximate surface area is 109 Å². The van der Waals surface area contributed by atoms with E-state index in [0.29, 0.717) is 6.54 Å². The van der Waals surface area contributed by atoms with Crippen LogP contribution in [0.15, 0.2) is 23.6 Å². The molecule has 0 saturated carbocycles. The molecule has 17 heavy (non-hydrogen) atoms. The van der Waals surface area contributed by atoms with Crippen molar-refractivity contribution < 1.29 is 4.74 Å². The molecule has 1 aromatic carbocycles. The highest BCUT2D eigenvalue weighted by Crippen LogP contribution is 2.39. The quantitative estimate of drug-likeness (QED) is 0.903. The van der Waals surface area contributed by atoms with Crippen molar-refractivity contribution in [1.82, 2.24) is 0 Å². The van der Waals surface area contributed by atoms with Gasteiger partial charge in [0.05, 0.1) is 16.5 Å². The van der Waals surface area contributed by atoms with Gasteiger partial charge in [-0.3, -0.25) is 0 Å². The minimum absolute atomic E-state index is 0.499. The third-order valence-corrected chi connectivity index (χ3v) is 4.35. The predicted octanol–water partition coefficient (Wildman–Crippen LogP) is 3.46. The molecule has 2 N–H and O–H groups in total. The maximum atomic E-state index is 6.17. The number of rotatable bonds is 2. The van der Waals surface area contributed by atoms with Crippen LogP contribution >= 0.6 is 22.9 Å². The molecular formula is C13H12ClNOS. The molecule has 0 unspecified atom stereocenters. The zero-order valence-electron chi connectivity index (χ0n) is 9.20. The topological polar surface area (TPSA) is 35.2 Å². The molecular weight excluding hydrogens is 254 g/mol. The summed E-state index contributed by atoms with van der Waals surface area (Å²) in [6.07, 6.45) is 0.958. The Kier molecular flexibility index (Phi) is 2.82. The molecule has 0 aliphatic carbocycles. The number of thiophene rings is 1. The van der Waals surface area contributed by atoms with E-state index in [1.54, 1.807) is 11.3 Å². The lowest BCUT2D eigenvalue weighted by molar-refractivity contribution is 0.353. The number of fused-ring (bicyclic) bond motifs is 1. The van der Waals surface area contributed by atoms with E-state index >= 15 is 0 Å². The monoisotopic (exact) mass is 265 g/mol. The molecule has 0 atom stereocenters. The van der Waals surface area contributed by atoms with Gasteiger partial charge in [-0.25, -0.2) is 0 Å². The molecule has 3 rings (SSSR count). The van der Waals surface area contributed by atoms with Crippen LogP contribution in [0.2, 0.25) is 5.02 Å². The van der Waals surface area contributed by atoms with Gasteiger partial charge in [-0.2, -0.15) is 0 Å². The maximum Gasteiger partial charge on any atom is 0.127 e. The van der Waals surface area contributed by atoms with Crippen molar-refractivity contribution in [2.45, 2.75) is 13.0 Å². The fourth-order valence-electron chi connectivity index (χ4n) is 2.17.